The van der Waals surface area contributed by atoms with Gasteiger partial charge in [-0.25, -0.2) is 5.43 Å². The number of amides is 1. The molecule has 1 heterocycles. The van der Waals surface area contributed by atoms with Crippen LogP contribution in [-0.4, -0.2) is 28.9 Å². The second-order valence-electron chi connectivity index (χ2n) is 7.14. The molecule has 33 heavy (non-hydrogen) atoms. The fraction of sp³-hybridized carbons (Fsp3) is 0.115. The third-order valence-corrected chi connectivity index (χ3v) is 4.81. The molecule has 1 amide bonds. The van der Waals surface area contributed by atoms with Crippen molar-refractivity contribution in [3.8, 4) is 22.8 Å². The molecule has 4 rings (SSSR count). The Hall–Kier alpha value is -4.39. The minimum Gasteiger partial charge on any atom is -0.494 e. The summed E-state index contributed by atoms with van der Waals surface area (Å²) in [6.07, 6.45) is 1.56. The average molecular weight is 441 g/mol. The van der Waals surface area contributed by atoms with Gasteiger partial charge < -0.3 is 9.47 Å². The van der Waals surface area contributed by atoms with Gasteiger partial charge in [-0.15, -0.1) is 0 Å². The summed E-state index contributed by atoms with van der Waals surface area (Å²) in [5.74, 6) is 1.08. The number of aromatic nitrogens is 2. The Morgan fingerprint density at radius 2 is 1.76 bits per heavy atom. The molecule has 7 nitrogen and oxygen atoms in total. The van der Waals surface area contributed by atoms with Crippen molar-refractivity contribution in [2.75, 3.05) is 6.61 Å². The van der Waals surface area contributed by atoms with Crippen LogP contribution >= 0.6 is 0 Å². The molecule has 0 spiro atoms. The van der Waals surface area contributed by atoms with Crippen molar-refractivity contribution < 1.29 is 14.3 Å². The number of carbonyl (C=O) groups excluding carboxylic acids is 1. The van der Waals surface area contributed by atoms with Gasteiger partial charge >= 0.3 is 0 Å². The van der Waals surface area contributed by atoms with E-state index in [1.165, 1.54) is 0 Å². The van der Waals surface area contributed by atoms with Gasteiger partial charge in [0.05, 0.1) is 18.5 Å². The van der Waals surface area contributed by atoms with Gasteiger partial charge in [-0.1, -0.05) is 42.5 Å². The summed E-state index contributed by atoms with van der Waals surface area (Å²) < 4.78 is 11.4. The van der Waals surface area contributed by atoms with Gasteiger partial charge in [-0.2, -0.15) is 10.2 Å². The molecule has 0 aliphatic rings. The molecule has 0 fully saturated rings. The Labute approximate surface area is 192 Å². The van der Waals surface area contributed by atoms with E-state index in [0.717, 1.165) is 22.4 Å². The van der Waals surface area contributed by atoms with Crippen LogP contribution < -0.4 is 14.9 Å². The third-order valence-electron chi connectivity index (χ3n) is 4.81. The molecule has 0 radical (unpaired) electrons. The first kappa shape index (κ1) is 21.8. The van der Waals surface area contributed by atoms with Crippen molar-refractivity contribution in [3.63, 3.8) is 0 Å². The van der Waals surface area contributed by atoms with Crippen LogP contribution in [0, 0.1) is 0 Å². The first-order chi connectivity index (χ1) is 16.2. The monoisotopic (exact) mass is 440 g/mol. The number of para-hydroxylation sites is 1. The molecule has 0 unspecified atom stereocenters. The van der Waals surface area contributed by atoms with E-state index >= 15 is 0 Å². The summed E-state index contributed by atoms with van der Waals surface area (Å²) in [7, 11) is 0. The quantitative estimate of drug-likeness (QED) is 0.289. The smallest absolute Gasteiger partial charge is 0.289 e. The van der Waals surface area contributed by atoms with Crippen molar-refractivity contribution in [2.45, 2.75) is 13.5 Å². The number of hydrazone groups is 1. The van der Waals surface area contributed by atoms with E-state index in [1.807, 2.05) is 85.8 Å². The summed E-state index contributed by atoms with van der Waals surface area (Å²) in [6, 6.07) is 26.6. The first-order valence-electron chi connectivity index (χ1n) is 10.6. The Kier molecular flexibility index (Phi) is 7.12. The number of hydrogen-bond acceptors (Lipinski definition) is 5. The van der Waals surface area contributed by atoms with E-state index in [9.17, 15) is 4.79 Å². The number of carbonyl (C=O) groups is 1. The maximum atomic E-state index is 12.5. The van der Waals surface area contributed by atoms with E-state index in [-0.39, 0.29) is 0 Å². The number of nitrogens with zero attached hydrogens (tertiary/aromatic N) is 2. The number of hydrogen-bond donors (Lipinski definition) is 2. The molecule has 7 heteroatoms. The zero-order chi connectivity index (χ0) is 22.9. The Balaban J connectivity index is 1.37. The number of benzene rings is 3. The van der Waals surface area contributed by atoms with Crippen LogP contribution in [0.15, 0.2) is 90.0 Å². The summed E-state index contributed by atoms with van der Waals surface area (Å²) >= 11 is 0. The van der Waals surface area contributed by atoms with Gasteiger partial charge in [0.25, 0.3) is 5.91 Å². The predicted octanol–water partition coefficient (Wildman–Crippen LogP) is 4.82. The highest BCUT2D eigenvalue weighted by Gasteiger charge is 2.11. The molecule has 4 aromatic rings. The maximum absolute atomic E-state index is 12.5. The van der Waals surface area contributed by atoms with Crippen LogP contribution in [0.4, 0.5) is 0 Å². The minimum atomic E-state index is -0.390. The zero-order valence-electron chi connectivity index (χ0n) is 18.2. The third kappa shape index (κ3) is 5.86. The Morgan fingerprint density at radius 3 is 2.55 bits per heavy atom. The van der Waals surface area contributed by atoms with Gasteiger partial charge in [-0.3, -0.25) is 9.89 Å². The SMILES string of the molecule is CCOc1ccc(-c2cc(C(=O)N/N=C/c3ccccc3OCc3ccccc3)[nH]n2)cc1. The molecular formula is C26H24N4O3. The Bertz CT molecular complexity index is 1220. The van der Waals surface area contributed by atoms with Crippen molar-refractivity contribution in [2.24, 2.45) is 5.10 Å². The largest absolute Gasteiger partial charge is 0.494 e. The van der Waals surface area contributed by atoms with E-state index in [4.69, 9.17) is 9.47 Å². The van der Waals surface area contributed by atoms with Crippen LogP contribution in [0.5, 0.6) is 11.5 Å². The van der Waals surface area contributed by atoms with Crippen LogP contribution in [0.3, 0.4) is 0 Å². The predicted molar refractivity (Wildman–Crippen MR) is 127 cm³/mol. The number of H-pyrrole nitrogens is 1. The highest BCUT2D eigenvalue weighted by Crippen LogP contribution is 2.21. The lowest BCUT2D eigenvalue weighted by Gasteiger charge is -2.08. The molecule has 0 atom stereocenters. The van der Waals surface area contributed by atoms with Crippen molar-refractivity contribution >= 4 is 12.1 Å². The molecule has 2 N–H and O–H groups in total. The molecule has 0 aliphatic carbocycles. The van der Waals surface area contributed by atoms with Crippen molar-refractivity contribution in [1.29, 1.82) is 0 Å². The van der Waals surface area contributed by atoms with E-state index in [2.05, 4.69) is 20.7 Å². The zero-order valence-corrected chi connectivity index (χ0v) is 18.2. The molecule has 3 aromatic carbocycles. The number of rotatable bonds is 9. The lowest BCUT2D eigenvalue weighted by atomic mass is 10.1. The van der Waals surface area contributed by atoms with E-state index in [1.54, 1.807) is 12.3 Å². The molecule has 166 valence electrons. The van der Waals surface area contributed by atoms with Gasteiger partial charge in [0.15, 0.2) is 0 Å². The number of ether oxygens (including phenoxy) is 2. The fourth-order valence-corrected chi connectivity index (χ4v) is 3.15. The van der Waals surface area contributed by atoms with Gasteiger partial charge in [0, 0.05) is 11.1 Å². The first-order valence-corrected chi connectivity index (χ1v) is 10.6. The number of nitrogens with one attached hydrogen (secondary N) is 2. The molecule has 0 bridgehead atoms. The highest BCUT2D eigenvalue weighted by molar-refractivity contribution is 5.94. The van der Waals surface area contributed by atoms with E-state index in [0.29, 0.717) is 30.4 Å². The van der Waals surface area contributed by atoms with Gasteiger partial charge in [0.1, 0.15) is 23.8 Å². The summed E-state index contributed by atoms with van der Waals surface area (Å²) in [6.45, 7) is 2.99. The molecule has 0 saturated carbocycles. The van der Waals surface area contributed by atoms with Crippen LogP contribution in [-0.2, 0) is 6.61 Å². The Morgan fingerprint density at radius 1 is 1.00 bits per heavy atom. The van der Waals surface area contributed by atoms with Crippen LogP contribution in [0.25, 0.3) is 11.3 Å². The number of aromatic amines is 1. The average Bonchev–Trinajstić information content (AvgIpc) is 3.35. The molecule has 0 aliphatic heterocycles. The summed E-state index contributed by atoms with van der Waals surface area (Å²) in [5.41, 5.74) is 6.20. The topological polar surface area (TPSA) is 88.6 Å². The molecule has 1 aromatic heterocycles. The highest BCUT2D eigenvalue weighted by atomic mass is 16.5. The second-order valence-corrected chi connectivity index (χ2v) is 7.14. The lowest BCUT2D eigenvalue weighted by molar-refractivity contribution is 0.0950. The van der Waals surface area contributed by atoms with E-state index < -0.39 is 5.91 Å². The summed E-state index contributed by atoms with van der Waals surface area (Å²) in [4.78, 5) is 12.5. The van der Waals surface area contributed by atoms with Gasteiger partial charge in [0.2, 0.25) is 0 Å². The lowest BCUT2D eigenvalue weighted by Crippen LogP contribution is -2.18. The maximum Gasteiger partial charge on any atom is 0.289 e. The minimum absolute atomic E-state index is 0.310. The normalized spacial score (nSPS) is 10.8. The fourth-order valence-electron chi connectivity index (χ4n) is 3.15. The second kappa shape index (κ2) is 10.8. The van der Waals surface area contributed by atoms with Crippen molar-refractivity contribution in [1.82, 2.24) is 15.6 Å². The molecule has 0 saturated heterocycles. The van der Waals surface area contributed by atoms with Crippen LogP contribution in [0.2, 0.25) is 0 Å². The van der Waals surface area contributed by atoms with Crippen LogP contribution in [0.1, 0.15) is 28.5 Å². The van der Waals surface area contributed by atoms with Crippen molar-refractivity contribution in [3.05, 3.63) is 102 Å². The van der Waals surface area contributed by atoms with Gasteiger partial charge in [-0.05, 0) is 55.0 Å². The standard InChI is InChI=1S/C26H24N4O3/c1-2-32-22-14-12-20(13-15-22)23-16-24(29-28-23)26(31)30-27-17-21-10-6-7-11-25(21)33-18-19-8-4-3-5-9-19/h3-17H,2,18H2,1H3,(H,28,29)(H,30,31)/b27-17+. The summed E-state index contributed by atoms with van der Waals surface area (Å²) in [5, 5.41) is 11.0. The molecular weight excluding hydrogens is 416 g/mol.